The fraction of sp³-hybridized carbons (Fsp3) is 0.417. The van der Waals surface area contributed by atoms with Gasteiger partial charge in [0.2, 0.25) is 0 Å². The van der Waals surface area contributed by atoms with E-state index in [9.17, 15) is 4.79 Å². The van der Waals surface area contributed by atoms with Crippen LogP contribution < -0.4 is 0 Å². The van der Waals surface area contributed by atoms with Crippen LogP contribution in [0.3, 0.4) is 0 Å². The first-order chi connectivity index (χ1) is 7.18. The van der Waals surface area contributed by atoms with Crippen LogP contribution in [0.1, 0.15) is 28.8 Å². The molecule has 15 heavy (non-hydrogen) atoms. The molecule has 1 aromatic carbocycles. The number of aryl methyl sites for hydroxylation is 1. The van der Waals surface area contributed by atoms with Gasteiger partial charge < -0.3 is 0 Å². The number of ketones is 1. The van der Waals surface area contributed by atoms with Gasteiger partial charge in [-0.15, -0.1) is 0 Å². The van der Waals surface area contributed by atoms with Crippen molar-refractivity contribution in [2.45, 2.75) is 25.0 Å². The molecule has 0 N–H and O–H groups in total. The summed E-state index contributed by atoms with van der Waals surface area (Å²) in [5.41, 5.74) is 1.82. The Morgan fingerprint density at radius 2 is 2.33 bits per heavy atom. The summed E-state index contributed by atoms with van der Waals surface area (Å²) < 4.78 is 0. The monoisotopic (exact) mass is 240 g/mol. The Morgan fingerprint density at radius 1 is 1.53 bits per heavy atom. The van der Waals surface area contributed by atoms with Crippen molar-refractivity contribution in [1.82, 2.24) is 0 Å². The summed E-state index contributed by atoms with van der Waals surface area (Å²) in [6.07, 6.45) is 2.16. The number of benzene rings is 1. The molecular formula is C12H13ClOS. The highest BCUT2D eigenvalue weighted by Gasteiger charge is 2.25. The first-order valence-electron chi connectivity index (χ1n) is 5.10. The number of thioether (sulfide) groups is 1. The van der Waals surface area contributed by atoms with Crippen LogP contribution in [0.5, 0.6) is 0 Å². The average Bonchev–Trinajstić information content (AvgIpc) is 2.74. The molecule has 0 aliphatic carbocycles. The molecule has 1 aliphatic rings. The zero-order valence-corrected chi connectivity index (χ0v) is 10.2. The summed E-state index contributed by atoms with van der Waals surface area (Å²) in [5, 5.41) is 0.800. The molecular weight excluding hydrogens is 228 g/mol. The fourth-order valence-electron chi connectivity index (χ4n) is 1.82. The molecule has 2 rings (SSSR count). The number of halogens is 1. The van der Waals surface area contributed by atoms with Gasteiger partial charge in [-0.05, 0) is 43.2 Å². The van der Waals surface area contributed by atoms with E-state index in [0.29, 0.717) is 5.02 Å². The van der Waals surface area contributed by atoms with E-state index < -0.39 is 0 Å². The van der Waals surface area contributed by atoms with E-state index in [4.69, 9.17) is 11.6 Å². The van der Waals surface area contributed by atoms with Crippen molar-refractivity contribution in [2.24, 2.45) is 0 Å². The molecule has 1 atom stereocenters. The summed E-state index contributed by atoms with van der Waals surface area (Å²) in [5.74, 6) is 1.35. The number of Topliss-reactive ketones (excluding diaryl/α,β-unsaturated/α-hetero) is 1. The summed E-state index contributed by atoms with van der Waals surface area (Å²) in [6.45, 7) is 1.96. The number of carbonyl (C=O) groups is 1. The Hall–Kier alpha value is -0.470. The van der Waals surface area contributed by atoms with Crippen LogP contribution in [0.4, 0.5) is 0 Å². The highest BCUT2D eigenvalue weighted by atomic mass is 35.5. The lowest BCUT2D eigenvalue weighted by Gasteiger charge is -2.10. The van der Waals surface area contributed by atoms with Gasteiger partial charge in [-0.3, -0.25) is 4.79 Å². The molecule has 0 bridgehead atoms. The van der Waals surface area contributed by atoms with E-state index in [-0.39, 0.29) is 11.0 Å². The number of rotatable bonds is 2. The van der Waals surface area contributed by atoms with E-state index in [1.54, 1.807) is 17.8 Å². The Balaban J connectivity index is 2.27. The van der Waals surface area contributed by atoms with Crippen molar-refractivity contribution in [1.29, 1.82) is 0 Å². The molecule has 0 amide bonds. The van der Waals surface area contributed by atoms with Gasteiger partial charge in [0.15, 0.2) is 5.78 Å². The third kappa shape index (κ3) is 2.37. The minimum absolute atomic E-state index is 0.155. The van der Waals surface area contributed by atoms with E-state index in [0.717, 1.165) is 29.7 Å². The lowest BCUT2D eigenvalue weighted by Crippen LogP contribution is -2.15. The molecule has 0 saturated carbocycles. The Kier molecular flexibility index (Phi) is 3.37. The van der Waals surface area contributed by atoms with Crippen molar-refractivity contribution >= 4 is 29.1 Å². The van der Waals surface area contributed by atoms with Crippen molar-refractivity contribution in [3.63, 3.8) is 0 Å². The van der Waals surface area contributed by atoms with Crippen LogP contribution in [0.2, 0.25) is 5.02 Å². The standard InChI is InChI=1S/C12H13ClOS/c1-8-4-5-9(13)7-10(8)12(14)11-3-2-6-15-11/h4-5,7,11H,2-3,6H2,1H3. The first-order valence-corrected chi connectivity index (χ1v) is 6.53. The molecule has 1 saturated heterocycles. The summed E-state index contributed by atoms with van der Waals surface area (Å²) in [6, 6.07) is 5.53. The predicted octanol–water partition coefficient (Wildman–Crippen LogP) is 3.73. The second kappa shape index (κ2) is 4.58. The van der Waals surface area contributed by atoms with Crippen molar-refractivity contribution < 1.29 is 4.79 Å². The second-order valence-electron chi connectivity index (χ2n) is 3.83. The van der Waals surface area contributed by atoms with Gasteiger partial charge in [0.1, 0.15) is 0 Å². The SMILES string of the molecule is Cc1ccc(Cl)cc1C(=O)C1CCCS1. The molecule has 1 aliphatic heterocycles. The fourth-order valence-corrected chi connectivity index (χ4v) is 3.22. The molecule has 1 heterocycles. The first kappa shape index (κ1) is 11.0. The van der Waals surface area contributed by atoms with Crippen LogP contribution in [-0.4, -0.2) is 16.8 Å². The van der Waals surface area contributed by atoms with Crippen LogP contribution >= 0.6 is 23.4 Å². The number of hydrogen-bond acceptors (Lipinski definition) is 2. The van der Waals surface area contributed by atoms with Crippen molar-refractivity contribution in [3.8, 4) is 0 Å². The maximum Gasteiger partial charge on any atom is 0.176 e. The van der Waals surface area contributed by atoms with Gasteiger partial charge in [-0.1, -0.05) is 17.7 Å². The highest BCUT2D eigenvalue weighted by Crippen LogP contribution is 2.30. The van der Waals surface area contributed by atoms with E-state index >= 15 is 0 Å². The molecule has 80 valence electrons. The van der Waals surface area contributed by atoms with Crippen LogP contribution in [-0.2, 0) is 0 Å². The zero-order chi connectivity index (χ0) is 10.8. The Morgan fingerprint density at radius 3 is 3.00 bits per heavy atom. The summed E-state index contributed by atoms with van der Waals surface area (Å²) >= 11 is 7.68. The molecule has 0 spiro atoms. The smallest absolute Gasteiger partial charge is 0.176 e. The molecule has 1 aromatic rings. The van der Waals surface area contributed by atoms with Crippen LogP contribution in [0.25, 0.3) is 0 Å². The van der Waals surface area contributed by atoms with E-state index in [1.165, 1.54) is 0 Å². The quantitative estimate of drug-likeness (QED) is 0.733. The molecule has 3 heteroatoms. The Bertz CT molecular complexity index is 383. The van der Waals surface area contributed by atoms with Crippen molar-refractivity contribution in [3.05, 3.63) is 34.3 Å². The largest absolute Gasteiger partial charge is 0.293 e. The van der Waals surface area contributed by atoms with E-state index in [1.807, 2.05) is 19.1 Å². The normalized spacial score (nSPS) is 20.5. The average molecular weight is 241 g/mol. The van der Waals surface area contributed by atoms with Crippen molar-refractivity contribution in [2.75, 3.05) is 5.75 Å². The molecule has 0 aromatic heterocycles. The lowest BCUT2D eigenvalue weighted by molar-refractivity contribution is 0.0988. The van der Waals surface area contributed by atoms with Crippen LogP contribution in [0, 0.1) is 6.92 Å². The van der Waals surface area contributed by atoms with Gasteiger partial charge in [-0.2, -0.15) is 11.8 Å². The number of hydrogen-bond donors (Lipinski definition) is 0. The van der Waals surface area contributed by atoms with Gasteiger partial charge >= 0.3 is 0 Å². The van der Waals surface area contributed by atoms with E-state index in [2.05, 4.69) is 0 Å². The van der Waals surface area contributed by atoms with Gasteiger partial charge in [0.25, 0.3) is 0 Å². The topological polar surface area (TPSA) is 17.1 Å². The maximum absolute atomic E-state index is 12.1. The summed E-state index contributed by atoms with van der Waals surface area (Å²) in [7, 11) is 0. The highest BCUT2D eigenvalue weighted by molar-refractivity contribution is 8.00. The third-order valence-corrected chi connectivity index (χ3v) is 4.30. The Labute approximate surface area is 99.2 Å². The van der Waals surface area contributed by atoms with Gasteiger partial charge in [-0.25, -0.2) is 0 Å². The molecule has 0 radical (unpaired) electrons. The molecule has 1 nitrogen and oxygen atoms in total. The minimum atomic E-state index is 0.155. The lowest BCUT2D eigenvalue weighted by atomic mass is 10.0. The minimum Gasteiger partial charge on any atom is -0.293 e. The van der Waals surface area contributed by atoms with Crippen LogP contribution in [0.15, 0.2) is 18.2 Å². The second-order valence-corrected chi connectivity index (χ2v) is 5.57. The molecule has 1 fully saturated rings. The number of carbonyl (C=O) groups excluding carboxylic acids is 1. The zero-order valence-electron chi connectivity index (χ0n) is 8.63. The van der Waals surface area contributed by atoms with Gasteiger partial charge in [0, 0.05) is 10.6 Å². The molecule has 1 unspecified atom stereocenters. The van der Waals surface area contributed by atoms with Gasteiger partial charge in [0.05, 0.1) is 5.25 Å². The maximum atomic E-state index is 12.1. The summed E-state index contributed by atoms with van der Waals surface area (Å²) in [4.78, 5) is 12.1. The third-order valence-electron chi connectivity index (χ3n) is 2.69. The predicted molar refractivity (Wildman–Crippen MR) is 66.0 cm³/mol.